The highest BCUT2D eigenvalue weighted by Gasteiger charge is 2.32. The Balaban J connectivity index is 2.30. The molecule has 33 heavy (non-hydrogen) atoms. The number of aliphatic hydroxyl groups is 2. The van der Waals surface area contributed by atoms with E-state index in [9.17, 15) is 29.4 Å². The summed E-state index contributed by atoms with van der Waals surface area (Å²) >= 11 is 0. The molecule has 0 aliphatic rings. The molecule has 0 aliphatic heterocycles. The van der Waals surface area contributed by atoms with E-state index in [4.69, 9.17) is 10.8 Å². The number of nitrogens with one attached hydrogen (secondary N) is 4. The first-order valence-corrected chi connectivity index (χ1v) is 10.3. The highest BCUT2D eigenvalue weighted by molar-refractivity contribution is 5.95. The van der Waals surface area contributed by atoms with Crippen molar-refractivity contribution in [3.8, 4) is 0 Å². The lowest BCUT2D eigenvalue weighted by atomic mass is 10.0. The standard InChI is InChI=1S/C21H29N5O7/c1-10(22)18(29)26-17(11(2)28)20(31)24-15(19(30)25-16(9-27)21(32)33)7-12-8-23-14-6-4-3-5-13(12)14/h3-6,8,10-11,15-17,23,27-28H,7,9,22H2,1-2H3,(H,24,31)(H,25,30)(H,26,29)(H,32,33). The molecule has 0 spiro atoms. The third kappa shape index (κ3) is 6.75. The number of nitrogens with two attached hydrogens (primary N) is 1. The number of hydrogen-bond acceptors (Lipinski definition) is 7. The number of aromatic amines is 1. The zero-order valence-electron chi connectivity index (χ0n) is 18.2. The zero-order chi connectivity index (χ0) is 24.7. The van der Waals surface area contributed by atoms with Gasteiger partial charge in [-0.05, 0) is 25.5 Å². The Bertz CT molecular complexity index is 1000. The molecule has 2 aromatic rings. The number of aromatic nitrogens is 1. The van der Waals surface area contributed by atoms with Crippen LogP contribution in [0.4, 0.5) is 0 Å². The van der Waals surface area contributed by atoms with Crippen molar-refractivity contribution in [3.05, 3.63) is 36.0 Å². The first-order valence-electron chi connectivity index (χ1n) is 10.3. The second-order valence-corrected chi connectivity index (χ2v) is 7.72. The van der Waals surface area contributed by atoms with Gasteiger partial charge in [0.1, 0.15) is 18.1 Å². The maximum absolute atomic E-state index is 12.9. The van der Waals surface area contributed by atoms with Crippen LogP contribution in [0.3, 0.4) is 0 Å². The van der Waals surface area contributed by atoms with Gasteiger partial charge in [-0.2, -0.15) is 0 Å². The van der Waals surface area contributed by atoms with E-state index in [1.54, 1.807) is 12.3 Å². The first-order chi connectivity index (χ1) is 15.5. The van der Waals surface area contributed by atoms with E-state index in [-0.39, 0.29) is 6.42 Å². The second-order valence-electron chi connectivity index (χ2n) is 7.72. The van der Waals surface area contributed by atoms with Crippen molar-refractivity contribution in [2.75, 3.05) is 6.61 Å². The lowest BCUT2D eigenvalue weighted by molar-refractivity contribution is -0.143. The minimum atomic E-state index is -1.58. The molecule has 9 N–H and O–H groups in total. The van der Waals surface area contributed by atoms with Crippen molar-refractivity contribution < 1.29 is 34.5 Å². The van der Waals surface area contributed by atoms with Crippen LogP contribution in [0, 0.1) is 0 Å². The highest BCUT2D eigenvalue weighted by Crippen LogP contribution is 2.19. The maximum Gasteiger partial charge on any atom is 0.328 e. The largest absolute Gasteiger partial charge is 0.480 e. The summed E-state index contributed by atoms with van der Waals surface area (Å²) in [6.45, 7) is 1.84. The number of benzene rings is 1. The van der Waals surface area contributed by atoms with Gasteiger partial charge in [0, 0.05) is 23.5 Å². The van der Waals surface area contributed by atoms with E-state index in [0.717, 1.165) is 10.9 Å². The van der Waals surface area contributed by atoms with Crippen LogP contribution in [0.1, 0.15) is 19.4 Å². The predicted octanol–water partition coefficient (Wildman–Crippen LogP) is -2.03. The Hall–Kier alpha value is -3.48. The molecule has 0 aliphatic carbocycles. The van der Waals surface area contributed by atoms with Crippen molar-refractivity contribution in [3.63, 3.8) is 0 Å². The number of hydrogen-bond donors (Lipinski definition) is 8. The number of carboxylic acid groups (broad SMARTS) is 1. The van der Waals surface area contributed by atoms with Gasteiger partial charge in [-0.15, -0.1) is 0 Å². The molecule has 1 heterocycles. The number of fused-ring (bicyclic) bond motifs is 1. The van der Waals surface area contributed by atoms with Crippen molar-refractivity contribution in [1.29, 1.82) is 0 Å². The van der Waals surface area contributed by atoms with Crippen molar-refractivity contribution in [2.45, 2.75) is 50.5 Å². The summed E-state index contributed by atoms with van der Waals surface area (Å²) in [6, 6.07) is 2.05. The number of aliphatic hydroxyl groups excluding tert-OH is 2. The maximum atomic E-state index is 12.9. The topological polar surface area (TPSA) is 207 Å². The summed E-state index contributed by atoms with van der Waals surface area (Å²) in [7, 11) is 0. The zero-order valence-corrected chi connectivity index (χ0v) is 18.2. The molecule has 0 radical (unpaired) electrons. The van der Waals surface area contributed by atoms with E-state index in [2.05, 4.69) is 20.9 Å². The second kappa shape index (κ2) is 11.4. The fourth-order valence-electron chi connectivity index (χ4n) is 3.14. The predicted molar refractivity (Wildman–Crippen MR) is 118 cm³/mol. The summed E-state index contributed by atoms with van der Waals surface area (Å²) in [4.78, 5) is 51.9. The van der Waals surface area contributed by atoms with Gasteiger partial charge in [0.05, 0.1) is 18.8 Å². The molecule has 0 fully saturated rings. The van der Waals surface area contributed by atoms with Crippen LogP contribution in [-0.4, -0.2) is 80.9 Å². The Morgan fingerprint density at radius 2 is 1.64 bits per heavy atom. The molecule has 0 saturated heterocycles. The molecule has 12 heteroatoms. The van der Waals surface area contributed by atoms with Gasteiger partial charge in [0.2, 0.25) is 17.7 Å². The molecule has 0 saturated carbocycles. The van der Waals surface area contributed by atoms with Gasteiger partial charge in [-0.1, -0.05) is 18.2 Å². The number of H-pyrrole nitrogens is 1. The average Bonchev–Trinajstić information content (AvgIpc) is 3.17. The van der Waals surface area contributed by atoms with Crippen LogP contribution >= 0.6 is 0 Å². The normalized spacial score (nSPS) is 15.7. The quantitative estimate of drug-likeness (QED) is 0.186. The Morgan fingerprint density at radius 3 is 2.21 bits per heavy atom. The molecule has 12 nitrogen and oxygen atoms in total. The highest BCUT2D eigenvalue weighted by atomic mass is 16.4. The number of carbonyl (C=O) groups excluding carboxylic acids is 3. The number of carboxylic acids is 1. The van der Waals surface area contributed by atoms with E-state index in [0.29, 0.717) is 5.56 Å². The third-order valence-corrected chi connectivity index (χ3v) is 5.01. The smallest absolute Gasteiger partial charge is 0.328 e. The van der Waals surface area contributed by atoms with Crippen LogP contribution in [0.5, 0.6) is 0 Å². The number of para-hydroxylation sites is 1. The number of rotatable bonds is 11. The Morgan fingerprint density at radius 1 is 1.00 bits per heavy atom. The molecular formula is C21H29N5O7. The molecule has 3 amide bonds. The molecule has 180 valence electrons. The molecule has 5 unspecified atom stereocenters. The van der Waals surface area contributed by atoms with Gasteiger partial charge in [-0.3, -0.25) is 14.4 Å². The van der Waals surface area contributed by atoms with Gasteiger partial charge in [-0.25, -0.2) is 4.79 Å². The van der Waals surface area contributed by atoms with E-state index >= 15 is 0 Å². The first kappa shape index (κ1) is 25.8. The van der Waals surface area contributed by atoms with E-state index in [1.165, 1.54) is 13.8 Å². The van der Waals surface area contributed by atoms with Crippen LogP contribution in [-0.2, 0) is 25.6 Å². The summed E-state index contributed by atoms with van der Waals surface area (Å²) < 4.78 is 0. The van der Waals surface area contributed by atoms with Crippen LogP contribution in [0.15, 0.2) is 30.5 Å². The summed E-state index contributed by atoms with van der Waals surface area (Å²) in [5, 5.41) is 36.1. The SMILES string of the molecule is CC(N)C(=O)NC(C(=O)NC(Cc1c[nH]c2ccccc12)C(=O)NC(CO)C(=O)O)C(C)O. The molecule has 1 aromatic heterocycles. The number of carbonyl (C=O) groups is 4. The molecule has 5 atom stereocenters. The lowest BCUT2D eigenvalue weighted by Crippen LogP contribution is -2.60. The molecule has 0 bridgehead atoms. The fourth-order valence-corrected chi connectivity index (χ4v) is 3.14. The van der Waals surface area contributed by atoms with Crippen LogP contribution < -0.4 is 21.7 Å². The number of aliphatic carboxylic acids is 1. The molecule has 1 aromatic carbocycles. The Labute approximate surface area is 189 Å². The van der Waals surface area contributed by atoms with Crippen molar-refractivity contribution >= 4 is 34.6 Å². The summed E-state index contributed by atoms with van der Waals surface area (Å²) in [5.41, 5.74) is 6.96. The third-order valence-electron chi connectivity index (χ3n) is 5.01. The van der Waals surface area contributed by atoms with Gasteiger partial charge < -0.3 is 42.0 Å². The minimum absolute atomic E-state index is 0.0346. The van der Waals surface area contributed by atoms with Crippen molar-refractivity contribution in [2.24, 2.45) is 5.73 Å². The fraction of sp³-hybridized carbons (Fsp3) is 0.429. The minimum Gasteiger partial charge on any atom is -0.480 e. The van der Waals surface area contributed by atoms with Gasteiger partial charge in [0.25, 0.3) is 0 Å². The van der Waals surface area contributed by atoms with Gasteiger partial charge >= 0.3 is 5.97 Å². The summed E-state index contributed by atoms with van der Waals surface area (Å²) in [5.74, 6) is -3.86. The van der Waals surface area contributed by atoms with Gasteiger partial charge in [0.15, 0.2) is 0 Å². The lowest BCUT2D eigenvalue weighted by Gasteiger charge is -2.26. The monoisotopic (exact) mass is 463 g/mol. The van der Waals surface area contributed by atoms with E-state index < -0.39 is 60.6 Å². The Kier molecular flexibility index (Phi) is 8.91. The van der Waals surface area contributed by atoms with E-state index in [1.807, 2.05) is 18.2 Å². The van der Waals surface area contributed by atoms with Crippen LogP contribution in [0.25, 0.3) is 10.9 Å². The van der Waals surface area contributed by atoms with Crippen molar-refractivity contribution in [1.82, 2.24) is 20.9 Å². The molecule has 2 rings (SSSR count). The molecular weight excluding hydrogens is 434 g/mol. The summed E-state index contributed by atoms with van der Waals surface area (Å²) in [6.07, 6.45) is 0.309. The average molecular weight is 463 g/mol. The number of amides is 3. The van der Waals surface area contributed by atoms with Crippen LogP contribution in [0.2, 0.25) is 0 Å².